The van der Waals surface area contributed by atoms with Gasteiger partial charge in [0.05, 0.1) is 0 Å². The Hall–Kier alpha value is -4.51. The van der Waals surface area contributed by atoms with Gasteiger partial charge in [-0.05, 0) is 0 Å². The fraction of sp³-hybridized carbons (Fsp3) is 0.0556. The first-order valence-electron chi connectivity index (χ1n) is 14.6. The Morgan fingerprint density at radius 3 is 1.14 bits per heavy atom. The van der Waals surface area contributed by atoms with Crippen molar-refractivity contribution >= 4 is 46.0 Å². The Labute approximate surface area is 288 Å². The van der Waals surface area contributed by atoms with Gasteiger partial charge in [0, 0.05) is 0 Å². The zero-order valence-electron chi connectivity index (χ0n) is 25.2. The molecule has 0 fully saturated rings. The summed E-state index contributed by atoms with van der Waals surface area (Å²) in [6.45, 7) is -3.05. The zero-order valence-corrected chi connectivity index (χ0v) is 27.5. The van der Waals surface area contributed by atoms with Gasteiger partial charge in [0.1, 0.15) is 0 Å². The number of para-hydroxylation sites is 1. The molecule has 0 amide bonds. The Bertz CT molecular complexity index is 1960. The van der Waals surface area contributed by atoms with Crippen LogP contribution in [0.1, 0.15) is 22.3 Å². The van der Waals surface area contributed by atoms with E-state index in [0.717, 1.165) is 0 Å². The second-order valence-electron chi connectivity index (χ2n) is 10.6. The van der Waals surface area contributed by atoms with Crippen molar-refractivity contribution in [2.24, 2.45) is 0 Å². The van der Waals surface area contributed by atoms with Crippen LogP contribution in [-0.4, -0.2) is 41.1 Å². The minimum atomic E-state index is -2.47. The zero-order chi connectivity index (χ0) is 35.7. The van der Waals surface area contributed by atoms with Crippen molar-refractivity contribution in [1.82, 2.24) is 0 Å². The van der Waals surface area contributed by atoms with E-state index in [-0.39, 0.29) is 25.0 Å². The molecule has 5 aromatic carbocycles. The molecule has 2 nitrogen and oxygen atoms in total. The van der Waals surface area contributed by atoms with Crippen LogP contribution in [0.3, 0.4) is 0 Å². The summed E-state index contributed by atoms with van der Waals surface area (Å²) in [7, 11) is 0. The molecule has 0 saturated heterocycles. The molecule has 0 atom stereocenters. The average molecular weight is 812 g/mol. The molecule has 14 heteroatoms. The van der Waals surface area contributed by atoms with E-state index in [1.807, 2.05) is 0 Å². The van der Waals surface area contributed by atoms with Crippen LogP contribution in [0.25, 0.3) is 18.2 Å². The Morgan fingerprint density at radius 2 is 0.760 bits per heavy atom. The van der Waals surface area contributed by atoms with Gasteiger partial charge in [0.25, 0.3) is 0 Å². The van der Waals surface area contributed by atoms with Gasteiger partial charge in [-0.25, -0.2) is 0 Å². The predicted molar refractivity (Wildman–Crippen MR) is 168 cm³/mol. The van der Waals surface area contributed by atoms with Crippen molar-refractivity contribution in [3.8, 4) is 5.75 Å². The monoisotopic (exact) mass is 814 g/mol. The van der Waals surface area contributed by atoms with Gasteiger partial charge < -0.3 is 0 Å². The summed E-state index contributed by atoms with van der Waals surface area (Å²) in [4.78, 5) is 0. The first kappa shape index (κ1) is 35.3. The number of halogens is 10. The van der Waals surface area contributed by atoms with Crippen LogP contribution in [0.15, 0.2) is 91.0 Å². The van der Waals surface area contributed by atoms with E-state index in [0.29, 0.717) is 5.75 Å². The number of hydrogen-bond acceptors (Lipinski definition) is 2. The normalized spacial score (nSPS) is 13.4. The minimum absolute atomic E-state index is 0.0136. The fourth-order valence-electron chi connectivity index (χ4n) is 5.38. The van der Waals surface area contributed by atoms with Crippen LogP contribution >= 0.6 is 0 Å². The molecule has 0 spiro atoms. The van der Waals surface area contributed by atoms with E-state index in [1.165, 1.54) is 48.5 Å². The van der Waals surface area contributed by atoms with Crippen molar-refractivity contribution in [3.63, 3.8) is 0 Å². The third-order valence-corrected chi connectivity index (χ3v) is 11.4. The standard InChI is InChI=1S/C36H19BF10O2Te/c38-25-21(26(39)30(43)33(46)29(25)42)23-35(18-10-4-1-5-11-18)50-36(19-12-6-2-7-13-19)24(22-27(40)31(44)34(47)32(45)28(22)41)37(23)49-17-16-48-20-14-8-3-9-15-20/h1-15H,16-17H2. The van der Waals surface area contributed by atoms with Crippen LogP contribution in [0.5, 0.6) is 5.75 Å². The second-order valence-corrected chi connectivity index (χ2v) is 13.5. The molecule has 0 saturated carbocycles. The first-order valence-corrected chi connectivity index (χ1v) is 17.0. The maximum absolute atomic E-state index is 15.8. The summed E-state index contributed by atoms with van der Waals surface area (Å²) >= 11 is -2.26. The van der Waals surface area contributed by atoms with Gasteiger partial charge in [-0.1, -0.05) is 0 Å². The molecule has 0 aliphatic carbocycles. The van der Waals surface area contributed by atoms with Crippen molar-refractivity contribution in [3.05, 3.63) is 171 Å². The molecule has 0 N–H and O–H groups in total. The number of hydrogen-bond donors (Lipinski definition) is 0. The SMILES string of the molecule is Fc1c(F)c(F)c(C2=C(c3ccccc3)[Te]C(c3ccccc3)=C(c3c(F)c(F)c(F)c(F)c3F)B2OCCOc2ccccc2)c(F)c1F. The molecule has 0 unspecified atom stereocenters. The summed E-state index contributed by atoms with van der Waals surface area (Å²) in [5.41, 5.74) is -3.96. The topological polar surface area (TPSA) is 18.5 Å². The van der Waals surface area contributed by atoms with Gasteiger partial charge in [0.2, 0.25) is 0 Å². The molecule has 5 aromatic rings. The van der Waals surface area contributed by atoms with E-state index < -0.39 is 115 Å². The van der Waals surface area contributed by atoms with Crippen molar-refractivity contribution in [2.45, 2.75) is 0 Å². The molecule has 0 radical (unpaired) electrons. The molecule has 50 heavy (non-hydrogen) atoms. The van der Waals surface area contributed by atoms with E-state index in [4.69, 9.17) is 9.39 Å². The molecule has 254 valence electrons. The second kappa shape index (κ2) is 14.8. The van der Waals surface area contributed by atoms with E-state index in [2.05, 4.69) is 0 Å². The van der Waals surface area contributed by atoms with E-state index in [1.54, 1.807) is 42.5 Å². The number of rotatable bonds is 9. The number of ether oxygens (including phenoxy) is 1. The molecule has 1 heterocycles. The first-order chi connectivity index (χ1) is 24.0. The molecule has 0 bridgehead atoms. The van der Waals surface area contributed by atoms with E-state index in [9.17, 15) is 26.3 Å². The Kier molecular flexibility index (Phi) is 10.4. The van der Waals surface area contributed by atoms with Gasteiger partial charge in [-0.15, -0.1) is 0 Å². The Morgan fingerprint density at radius 1 is 0.420 bits per heavy atom. The van der Waals surface area contributed by atoms with Crippen LogP contribution < -0.4 is 4.74 Å². The van der Waals surface area contributed by atoms with Gasteiger partial charge >= 0.3 is 290 Å². The fourth-order valence-corrected chi connectivity index (χ4v) is 9.24. The summed E-state index contributed by atoms with van der Waals surface area (Å²) in [6.07, 6.45) is 0. The quantitative estimate of drug-likeness (QED) is 0.0486. The van der Waals surface area contributed by atoms with Crippen LogP contribution in [0, 0.1) is 58.2 Å². The van der Waals surface area contributed by atoms with Gasteiger partial charge in [0.15, 0.2) is 0 Å². The van der Waals surface area contributed by atoms with Crippen LogP contribution in [0.4, 0.5) is 43.9 Å². The molecular weight excluding hydrogens is 793 g/mol. The third kappa shape index (κ3) is 6.43. The maximum atomic E-state index is 15.8. The van der Waals surface area contributed by atoms with Crippen molar-refractivity contribution in [1.29, 1.82) is 0 Å². The summed E-state index contributed by atoms with van der Waals surface area (Å²) in [5, 5.41) is 0. The predicted octanol–water partition coefficient (Wildman–Crippen LogP) is 9.40. The Balaban J connectivity index is 1.70. The van der Waals surface area contributed by atoms with Crippen LogP contribution in [-0.2, 0) is 4.65 Å². The molecule has 0 aromatic heterocycles. The average Bonchev–Trinajstić information content (AvgIpc) is 3.15. The summed E-state index contributed by atoms with van der Waals surface area (Å²) in [5.74, 6) is -23.0. The summed E-state index contributed by atoms with van der Waals surface area (Å²) in [6, 6.07) is 23.4. The molecule has 6 rings (SSSR count). The van der Waals surface area contributed by atoms with Crippen LogP contribution in [0.2, 0.25) is 0 Å². The van der Waals surface area contributed by atoms with Gasteiger partial charge in [-0.2, -0.15) is 0 Å². The molecular formula is C36H19BF10O2Te. The number of benzene rings is 5. The van der Waals surface area contributed by atoms with Gasteiger partial charge in [-0.3, -0.25) is 0 Å². The molecule has 1 aliphatic heterocycles. The summed E-state index contributed by atoms with van der Waals surface area (Å²) < 4.78 is 163. The van der Waals surface area contributed by atoms with E-state index >= 15 is 17.6 Å². The van der Waals surface area contributed by atoms with Crippen molar-refractivity contribution < 1.29 is 53.3 Å². The molecule has 1 aliphatic rings. The van der Waals surface area contributed by atoms with Crippen molar-refractivity contribution in [2.75, 3.05) is 13.2 Å². The third-order valence-electron chi connectivity index (χ3n) is 7.63.